The standard InChI is InChI=1S/C14H17N5OS.2ClH/c20-13(16-7-11-5-15-6-11)12-3-1-10(2-4-12)8-21-14-17-9-18-19-14;;/h1-4,9,11,15H,5-8H2,(H,16,20)(H,17,18,19);2*1H. The van der Waals surface area contributed by atoms with Gasteiger partial charge in [0.15, 0.2) is 5.16 Å². The number of hydrogen-bond acceptors (Lipinski definition) is 5. The molecule has 2 heterocycles. The monoisotopic (exact) mass is 375 g/mol. The highest BCUT2D eigenvalue weighted by Crippen LogP contribution is 2.18. The number of nitrogens with one attached hydrogen (secondary N) is 3. The molecule has 3 N–H and O–H groups in total. The number of nitrogens with zero attached hydrogens (tertiary/aromatic N) is 2. The lowest BCUT2D eigenvalue weighted by atomic mass is 10.0. The fraction of sp³-hybridized carbons (Fsp3) is 0.357. The van der Waals surface area contributed by atoms with Crippen LogP contribution in [0.5, 0.6) is 0 Å². The minimum atomic E-state index is -0.00339. The molecular weight excluding hydrogens is 357 g/mol. The van der Waals surface area contributed by atoms with Crippen LogP contribution in [0.1, 0.15) is 15.9 Å². The maximum atomic E-state index is 12.0. The van der Waals surface area contributed by atoms with Gasteiger partial charge in [-0.25, -0.2) is 4.98 Å². The predicted octanol–water partition coefficient (Wildman–Crippen LogP) is 1.89. The molecule has 0 spiro atoms. The van der Waals surface area contributed by atoms with Crippen LogP contribution in [0, 0.1) is 5.92 Å². The second kappa shape index (κ2) is 9.77. The molecule has 1 fully saturated rings. The number of thioether (sulfide) groups is 1. The largest absolute Gasteiger partial charge is 0.352 e. The Morgan fingerprint density at radius 3 is 2.57 bits per heavy atom. The maximum absolute atomic E-state index is 12.0. The van der Waals surface area contributed by atoms with Gasteiger partial charge in [-0.05, 0) is 17.7 Å². The number of aromatic nitrogens is 3. The number of hydrogen-bond donors (Lipinski definition) is 3. The van der Waals surface area contributed by atoms with Crippen LogP contribution in [0.4, 0.5) is 0 Å². The Hall–Kier alpha value is -1.28. The summed E-state index contributed by atoms with van der Waals surface area (Å²) >= 11 is 1.58. The van der Waals surface area contributed by atoms with E-state index in [-0.39, 0.29) is 30.7 Å². The first-order valence-electron chi connectivity index (χ1n) is 6.87. The van der Waals surface area contributed by atoms with E-state index in [4.69, 9.17) is 0 Å². The summed E-state index contributed by atoms with van der Waals surface area (Å²) in [5.74, 6) is 1.37. The molecule has 6 nitrogen and oxygen atoms in total. The zero-order valence-corrected chi connectivity index (χ0v) is 14.8. The van der Waals surface area contributed by atoms with Crippen molar-refractivity contribution in [1.82, 2.24) is 25.8 Å². The molecule has 1 aliphatic heterocycles. The Morgan fingerprint density at radius 1 is 1.26 bits per heavy atom. The fourth-order valence-electron chi connectivity index (χ4n) is 2.00. The first kappa shape index (κ1) is 19.8. The first-order chi connectivity index (χ1) is 10.3. The number of rotatable bonds is 6. The van der Waals surface area contributed by atoms with Crippen molar-refractivity contribution in [1.29, 1.82) is 0 Å². The van der Waals surface area contributed by atoms with E-state index in [2.05, 4.69) is 25.8 Å². The lowest BCUT2D eigenvalue weighted by molar-refractivity contribution is 0.0942. The van der Waals surface area contributed by atoms with E-state index in [1.54, 1.807) is 11.8 Å². The molecule has 126 valence electrons. The van der Waals surface area contributed by atoms with Gasteiger partial charge in [-0.15, -0.1) is 24.8 Å². The molecule has 0 saturated carbocycles. The lowest BCUT2D eigenvalue weighted by Gasteiger charge is -2.27. The Morgan fingerprint density at radius 2 is 2.00 bits per heavy atom. The highest BCUT2D eigenvalue weighted by atomic mass is 35.5. The second-order valence-corrected chi connectivity index (χ2v) is 5.97. The van der Waals surface area contributed by atoms with E-state index in [1.807, 2.05) is 24.3 Å². The number of amides is 1. The van der Waals surface area contributed by atoms with Gasteiger partial charge in [-0.1, -0.05) is 23.9 Å². The van der Waals surface area contributed by atoms with Gasteiger partial charge in [-0.2, -0.15) is 5.10 Å². The quantitative estimate of drug-likeness (QED) is 0.671. The molecule has 0 aliphatic carbocycles. The Labute approximate surface area is 151 Å². The summed E-state index contributed by atoms with van der Waals surface area (Å²) in [5, 5.41) is 13.6. The normalized spacial score (nSPS) is 13.4. The molecule has 0 radical (unpaired) electrons. The molecule has 2 aromatic rings. The fourth-order valence-corrected chi connectivity index (χ4v) is 2.73. The molecule has 1 aliphatic rings. The summed E-state index contributed by atoms with van der Waals surface area (Å²) in [6, 6.07) is 7.68. The van der Waals surface area contributed by atoms with Gasteiger partial charge in [0.25, 0.3) is 5.91 Å². The van der Waals surface area contributed by atoms with E-state index >= 15 is 0 Å². The zero-order valence-electron chi connectivity index (χ0n) is 12.3. The highest BCUT2D eigenvalue weighted by molar-refractivity contribution is 7.98. The zero-order chi connectivity index (χ0) is 14.5. The van der Waals surface area contributed by atoms with Gasteiger partial charge >= 0.3 is 0 Å². The van der Waals surface area contributed by atoms with Crippen LogP contribution >= 0.6 is 36.6 Å². The molecule has 1 aromatic carbocycles. The predicted molar refractivity (Wildman–Crippen MR) is 95.6 cm³/mol. The smallest absolute Gasteiger partial charge is 0.251 e. The molecular formula is C14H19Cl2N5OS. The van der Waals surface area contributed by atoms with Gasteiger partial charge < -0.3 is 10.6 Å². The summed E-state index contributed by atoms with van der Waals surface area (Å²) in [7, 11) is 0. The molecule has 9 heteroatoms. The van der Waals surface area contributed by atoms with Crippen molar-refractivity contribution in [2.75, 3.05) is 19.6 Å². The third-order valence-corrected chi connectivity index (χ3v) is 4.35. The number of H-pyrrole nitrogens is 1. The third-order valence-electron chi connectivity index (χ3n) is 3.40. The van der Waals surface area contributed by atoms with Gasteiger partial charge in [0.2, 0.25) is 0 Å². The van der Waals surface area contributed by atoms with Crippen LogP contribution in [0.3, 0.4) is 0 Å². The SMILES string of the molecule is Cl.Cl.O=C(NCC1CNC1)c1ccc(CSc2ncn[nH]2)cc1. The first-order valence-corrected chi connectivity index (χ1v) is 7.86. The Balaban J connectivity index is 0.00000132. The van der Waals surface area contributed by atoms with E-state index in [0.29, 0.717) is 11.5 Å². The van der Waals surface area contributed by atoms with Crippen molar-refractivity contribution in [3.63, 3.8) is 0 Å². The van der Waals surface area contributed by atoms with E-state index in [0.717, 1.165) is 36.1 Å². The Bertz CT molecular complexity index is 590. The molecule has 23 heavy (non-hydrogen) atoms. The van der Waals surface area contributed by atoms with E-state index in [1.165, 1.54) is 6.33 Å². The average Bonchev–Trinajstić information content (AvgIpc) is 2.97. The van der Waals surface area contributed by atoms with E-state index < -0.39 is 0 Å². The number of halogens is 2. The van der Waals surface area contributed by atoms with Crippen LogP contribution in [-0.2, 0) is 5.75 Å². The number of carbonyl (C=O) groups is 1. The van der Waals surface area contributed by atoms with E-state index in [9.17, 15) is 4.79 Å². The number of carbonyl (C=O) groups excluding carboxylic acids is 1. The Kier molecular flexibility index (Phi) is 8.40. The van der Waals surface area contributed by atoms with Crippen molar-refractivity contribution >= 4 is 42.5 Å². The molecule has 1 amide bonds. The van der Waals surface area contributed by atoms with Gasteiger partial charge in [0.05, 0.1) is 0 Å². The van der Waals surface area contributed by atoms with Gasteiger partial charge in [0, 0.05) is 36.9 Å². The van der Waals surface area contributed by atoms with Crippen LogP contribution in [0.25, 0.3) is 0 Å². The summed E-state index contributed by atoms with van der Waals surface area (Å²) in [4.78, 5) is 16.0. The minimum Gasteiger partial charge on any atom is -0.352 e. The minimum absolute atomic E-state index is 0. The molecule has 0 atom stereocenters. The summed E-state index contributed by atoms with van der Waals surface area (Å²) < 4.78 is 0. The van der Waals surface area contributed by atoms with Crippen molar-refractivity contribution in [2.45, 2.75) is 10.9 Å². The van der Waals surface area contributed by atoms with Gasteiger partial charge in [-0.3, -0.25) is 9.89 Å². The second-order valence-electron chi connectivity index (χ2n) is 5.01. The summed E-state index contributed by atoms with van der Waals surface area (Å²) in [6.07, 6.45) is 1.49. The van der Waals surface area contributed by atoms with Crippen LogP contribution in [-0.4, -0.2) is 40.7 Å². The molecule has 0 unspecified atom stereocenters. The molecule has 0 bridgehead atoms. The van der Waals surface area contributed by atoms with Crippen LogP contribution < -0.4 is 10.6 Å². The summed E-state index contributed by atoms with van der Waals surface area (Å²) in [5.41, 5.74) is 1.85. The van der Waals surface area contributed by atoms with Crippen LogP contribution in [0.15, 0.2) is 35.7 Å². The maximum Gasteiger partial charge on any atom is 0.251 e. The highest BCUT2D eigenvalue weighted by Gasteiger charge is 2.17. The van der Waals surface area contributed by atoms with Crippen molar-refractivity contribution in [3.05, 3.63) is 41.7 Å². The average molecular weight is 376 g/mol. The third kappa shape index (κ3) is 5.69. The van der Waals surface area contributed by atoms with Crippen molar-refractivity contribution in [3.8, 4) is 0 Å². The molecule has 1 saturated heterocycles. The number of aromatic amines is 1. The number of benzene rings is 1. The van der Waals surface area contributed by atoms with Crippen LogP contribution in [0.2, 0.25) is 0 Å². The topological polar surface area (TPSA) is 82.7 Å². The lowest BCUT2D eigenvalue weighted by Crippen LogP contribution is -2.48. The molecule has 3 rings (SSSR count). The summed E-state index contributed by atoms with van der Waals surface area (Å²) in [6.45, 7) is 2.74. The molecule has 1 aromatic heterocycles. The van der Waals surface area contributed by atoms with Gasteiger partial charge in [0.1, 0.15) is 6.33 Å². The van der Waals surface area contributed by atoms with Crippen molar-refractivity contribution < 1.29 is 4.79 Å². The van der Waals surface area contributed by atoms with Crippen molar-refractivity contribution in [2.24, 2.45) is 5.92 Å².